The number of nitrogens with zero attached hydrogens (tertiary/aromatic N) is 3. The molecule has 0 saturated carbocycles. The van der Waals surface area contributed by atoms with Crippen molar-refractivity contribution in [2.45, 2.75) is 33.0 Å². The van der Waals surface area contributed by atoms with Crippen LogP contribution in [-0.4, -0.2) is 31.9 Å². The Balaban J connectivity index is 1.92. The number of nitrogens with one attached hydrogen (secondary N) is 1. The van der Waals surface area contributed by atoms with E-state index in [0.29, 0.717) is 6.54 Å². The van der Waals surface area contributed by atoms with Crippen LogP contribution in [-0.2, 0) is 13.1 Å². The van der Waals surface area contributed by atoms with Crippen molar-refractivity contribution in [3.05, 3.63) is 86.5 Å². The second kappa shape index (κ2) is 8.43. The van der Waals surface area contributed by atoms with Crippen molar-refractivity contribution in [1.82, 2.24) is 14.6 Å². The summed E-state index contributed by atoms with van der Waals surface area (Å²) in [7, 11) is 0. The third-order valence-corrected chi connectivity index (χ3v) is 4.22. The zero-order chi connectivity index (χ0) is 20.1. The van der Waals surface area contributed by atoms with E-state index >= 15 is 0 Å². The predicted octanol–water partition coefficient (Wildman–Crippen LogP) is 2.13. The highest BCUT2D eigenvalue weighted by atomic mass is 16.3. The Bertz CT molecular complexity index is 1050. The monoisotopic (exact) mass is 382 g/mol. The van der Waals surface area contributed by atoms with Crippen molar-refractivity contribution in [3.8, 4) is 5.88 Å². The lowest BCUT2D eigenvalue weighted by atomic mass is 10.2. The smallest absolute Gasteiger partial charge is 0.331 e. The van der Waals surface area contributed by atoms with Gasteiger partial charge in [0, 0.05) is 6.04 Å². The van der Waals surface area contributed by atoms with E-state index in [2.05, 4.69) is 10.1 Å². The number of hydrazone groups is 1. The van der Waals surface area contributed by atoms with Gasteiger partial charge in [-0.3, -0.25) is 19.4 Å². The zero-order valence-electron chi connectivity index (χ0n) is 15.7. The Morgan fingerprint density at radius 3 is 2.61 bits per heavy atom. The van der Waals surface area contributed by atoms with Crippen molar-refractivity contribution >= 4 is 6.21 Å². The van der Waals surface area contributed by atoms with Crippen LogP contribution in [0.2, 0.25) is 0 Å². The normalized spacial score (nSPS) is 11.4. The van der Waals surface area contributed by atoms with Crippen LogP contribution < -0.4 is 11.2 Å². The van der Waals surface area contributed by atoms with Gasteiger partial charge in [0.1, 0.15) is 11.3 Å². The van der Waals surface area contributed by atoms with Gasteiger partial charge < -0.3 is 9.52 Å². The molecule has 28 heavy (non-hydrogen) atoms. The van der Waals surface area contributed by atoms with Crippen LogP contribution in [0.5, 0.6) is 5.88 Å². The Hall–Kier alpha value is -3.55. The topological polar surface area (TPSA) is 104 Å². The van der Waals surface area contributed by atoms with Crippen LogP contribution in [0.15, 0.2) is 67.8 Å². The summed E-state index contributed by atoms with van der Waals surface area (Å²) in [5.41, 5.74) is -0.644. The molecule has 0 fully saturated rings. The molecule has 2 N–H and O–H groups in total. The molecule has 0 spiro atoms. The highest BCUT2D eigenvalue weighted by molar-refractivity contribution is 5.81. The van der Waals surface area contributed by atoms with Crippen LogP contribution in [0.25, 0.3) is 0 Å². The second-order valence-electron chi connectivity index (χ2n) is 6.58. The maximum absolute atomic E-state index is 12.2. The lowest BCUT2D eigenvalue weighted by molar-refractivity contribution is 0.207. The summed E-state index contributed by atoms with van der Waals surface area (Å²) in [5, 5.41) is 16.6. The highest BCUT2D eigenvalue weighted by Crippen LogP contribution is 2.13. The van der Waals surface area contributed by atoms with Crippen molar-refractivity contribution in [2.75, 3.05) is 0 Å². The van der Waals surface area contributed by atoms with Crippen molar-refractivity contribution < 1.29 is 9.52 Å². The highest BCUT2D eigenvalue weighted by Gasteiger charge is 2.14. The van der Waals surface area contributed by atoms with E-state index in [-0.39, 0.29) is 18.2 Å². The maximum atomic E-state index is 12.2. The lowest BCUT2D eigenvalue weighted by Crippen LogP contribution is -2.33. The number of furan rings is 1. The molecule has 0 aliphatic carbocycles. The summed E-state index contributed by atoms with van der Waals surface area (Å²) in [5.74, 6) is 0.293. The van der Waals surface area contributed by atoms with Crippen molar-refractivity contribution in [1.29, 1.82) is 0 Å². The van der Waals surface area contributed by atoms with Gasteiger partial charge in [0.15, 0.2) is 0 Å². The first-order valence-electron chi connectivity index (χ1n) is 8.88. The molecule has 0 radical (unpaired) electrons. The molecule has 3 aromatic rings. The first kappa shape index (κ1) is 19.2. The number of H-pyrrole nitrogens is 1. The van der Waals surface area contributed by atoms with Crippen molar-refractivity contribution in [2.24, 2.45) is 5.10 Å². The minimum Gasteiger partial charge on any atom is -0.494 e. The Morgan fingerprint density at radius 2 is 1.96 bits per heavy atom. The van der Waals surface area contributed by atoms with Gasteiger partial charge in [0.05, 0.1) is 25.6 Å². The molecule has 146 valence electrons. The molecule has 0 atom stereocenters. The SMILES string of the molecule is CC(C)N(Cc1ccco1)/N=C/c1c(O)n(Cc2ccccc2)c(=O)[nH]c1=O. The number of aromatic amines is 1. The third kappa shape index (κ3) is 4.40. The summed E-state index contributed by atoms with van der Waals surface area (Å²) < 4.78 is 6.44. The molecule has 8 heteroatoms. The van der Waals surface area contributed by atoms with Gasteiger partial charge in [-0.15, -0.1) is 0 Å². The number of aromatic nitrogens is 2. The number of rotatable bonds is 7. The molecule has 0 bridgehead atoms. The quantitative estimate of drug-likeness (QED) is 0.481. The third-order valence-electron chi connectivity index (χ3n) is 4.22. The van der Waals surface area contributed by atoms with Gasteiger partial charge >= 0.3 is 5.69 Å². The molecule has 3 rings (SSSR count). The van der Waals surface area contributed by atoms with Gasteiger partial charge in [-0.1, -0.05) is 30.3 Å². The Kier molecular flexibility index (Phi) is 5.78. The maximum Gasteiger partial charge on any atom is 0.331 e. The van der Waals surface area contributed by atoms with Gasteiger partial charge in [-0.25, -0.2) is 4.79 Å². The number of hydrogen-bond acceptors (Lipinski definition) is 6. The van der Waals surface area contributed by atoms with Crippen molar-refractivity contribution in [3.63, 3.8) is 0 Å². The fraction of sp³-hybridized carbons (Fsp3) is 0.250. The molecule has 0 amide bonds. The Morgan fingerprint density at radius 1 is 1.21 bits per heavy atom. The predicted molar refractivity (Wildman–Crippen MR) is 106 cm³/mol. The number of benzene rings is 1. The van der Waals surface area contributed by atoms with E-state index in [1.54, 1.807) is 17.3 Å². The molecular formula is C20H22N4O4. The minimum absolute atomic E-state index is 0.0257. The van der Waals surface area contributed by atoms with Gasteiger partial charge in [0.2, 0.25) is 5.88 Å². The second-order valence-corrected chi connectivity index (χ2v) is 6.58. The average Bonchev–Trinajstić information content (AvgIpc) is 3.18. The molecular weight excluding hydrogens is 360 g/mol. The summed E-state index contributed by atoms with van der Waals surface area (Å²) in [6, 6.07) is 12.8. The standard InChI is InChI=1S/C20H22N4O4/c1-14(2)24(13-16-9-6-10-28-16)21-11-17-18(25)22-20(27)23(19(17)26)12-15-7-4-3-5-8-15/h3-11,14,26H,12-13H2,1-2H3,(H,22,25,27)/b21-11+. The molecule has 1 aromatic carbocycles. The van der Waals surface area contributed by atoms with Crippen LogP contribution >= 0.6 is 0 Å². The summed E-state index contributed by atoms with van der Waals surface area (Å²) in [6.07, 6.45) is 2.84. The van der Waals surface area contributed by atoms with E-state index in [0.717, 1.165) is 15.9 Å². The molecule has 0 aliphatic heterocycles. The fourth-order valence-electron chi connectivity index (χ4n) is 2.65. The van der Waals surface area contributed by atoms with E-state index < -0.39 is 17.1 Å². The summed E-state index contributed by atoms with van der Waals surface area (Å²) in [4.78, 5) is 26.6. The van der Waals surface area contributed by atoms with E-state index in [1.165, 1.54) is 6.21 Å². The Labute approximate surface area is 161 Å². The first-order chi connectivity index (χ1) is 13.5. The van der Waals surface area contributed by atoms with Gasteiger partial charge in [-0.2, -0.15) is 5.10 Å². The van der Waals surface area contributed by atoms with Gasteiger partial charge in [-0.05, 0) is 31.5 Å². The first-order valence-corrected chi connectivity index (χ1v) is 8.88. The lowest BCUT2D eigenvalue weighted by Gasteiger charge is -2.22. The van der Waals surface area contributed by atoms with Crippen LogP contribution in [0.3, 0.4) is 0 Å². The van der Waals surface area contributed by atoms with Crippen LogP contribution in [0.4, 0.5) is 0 Å². The van der Waals surface area contributed by atoms with Crippen LogP contribution in [0.1, 0.15) is 30.7 Å². The minimum atomic E-state index is -0.697. The zero-order valence-corrected chi connectivity index (χ0v) is 15.7. The van der Waals surface area contributed by atoms with E-state index in [9.17, 15) is 14.7 Å². The molecule has 0 saturated heterocycles. The van der Waals surface area contributed by atoms with Crippen LogP contribution in [0, 0.1) is 0 Å². The number of hydrogen-bond donors (Lipinski definition) is 2. The molecule has 0 unspecified atom stereocenters. The average molecular weight is 382 g/mol. The summed E-state index contributed by atoms with van der Waals surface area (Å²) in [6.45, 7) is 4.42. The largest absolute Gasteiger partial charge is 0.494 e. The van der Waals surface area contributed by atoms with Gasteiger partial charge in [0.25, 0.3) is 5.56 Å². The molecule has 2 heterocycles. The van der Waals surface area contributed by atoms with E-state index in [4.69, 9.17) is 4.42 Å². The van der Waals surface area contributed by atoms with E-state index in [1.807, 2.05) is 50.2 Å². The molecule has 8 nitrogen and oxygen atoms in total. The fourth-order valence-corrected chi connectivity index (χ4v) is 2.65. The molecule has 2 aromatic heterocycles. The molecule has 0 aliphatic rings. The summed E-state index contributed by atoms with van der Waals surface area (Å²) >= 11 is 0. The number of aromatic hydroxyl groups is 1.